The number of nitrogens with two attached hydrogens (primary N) is 2. The fraction of sp³-hybridized carbons (Fsp3) is 0.250. The van der Waals surface area contributed by atoms with Crippen LogP contribution in [-0.4, -0.2) is 26.3 Å². The number of ether oxygens (including phenoxy) is 1. The van der Waals surface area contributed by atoms with E-state index < -0.39 is 0 Å². The number of morpholine rings is 1. The van der Waals surface area contributed by atoms with Gasteiger partial charge < -0.3 is 21.1 Å². The maximum atomic E-state index is 5.61. The van der Waals surface area contributed by atoms with Gasteiger partial charge in [-0.15, -0.1) is 0 Å². The summed E-state index contributed by atoms with van der Waals surface area (Å²) in [5, 5.41) is 0. The Hall–Kier alpha value is -2.20. The fourth-order valence-corrected chi connectivity index (χ4v) is 1.96. The van der Waals surface area contributed by atoms with Gasteiger partial charge in [0.2, 0.25) is 0 Å². The first-order valence-electron chi connectivity index (χ1n) is 6.74. The molecule has 1 fully saturated rings. The lowest BCUT2D eigenvalue weighted by molar-refractivity contribution is 0.122. The molecule has 0 aromatic heterocycles. The first-order chi connectivity index (χ1) is 9.75. The zero-order valence-electron chi connectivity index (χ0n) is 11.5. The summed E-state index contributed by atoms with van der Waals surface area (Å²) >= 11 is 0. The van der Waals surface area contributed by atoms with Crippen molar-refractivity contribution in [1.82, 2.24) is 0 Å². The van der Waals surface area contributed by atoms with Crippen LogP contribution < -0.4 is 16.4 Å². The summed E-state index contributed by atoms with van der Waals surface area (Å²) in [6, 6.07) is 17.5. The third-order valence-electron chi connectivity index (χ3n) is 3.07. The molecule has 0 aliphatic carbocycles. The van der Waals surface area contributed by atoms with E-state index in [9.17, 15) is 0 Å². The highest BCUT2D eigenvalue weighted by Crippen LogP contribution is 2.16. The van der Waals surface area contributed by atoms with Crippen molar-refractivity contribution >= 4 is 17.1 Å². The van der Waals surface area contributed by atoms with E-state index in [0.717, 1.165) is 37.7 Å². The van der Waals surface area contributed by atoms with Crippen LogP contribution in [0, 0.1) is 0 Å². The molecule has 1 saturated heterocycles. The Labute approximate surface area is 120 Å². The number of benzene rings is 2. The van der Waals surface area contributed by atoms with Gasteiger partial charge in [0.05, 0.1) is 13.2 Å². The lowest BCUT2D eigenvalue weighted by Crippen LogP contribution is -2.36. The summed E-state index contributed by atoms with van der Waals surface area (Å²) in [5.41, 5.74) is 13.8. The lowest BCUT2D eigenvalue weighted by atomic mass is 10.2. The molecule has 0 unspecified atom stereocenters. The molecule has 1 aliphatic heterocycles. The first-order valence-corrected chi connectivity index (χ1v) is 6.74. The maximum Gasteiger partial charge on any atom is 0.0642 e. The van der Waals surface area contributed by atoms with Gasteiger partial charge in [-0.25, -0.2) is 0 Å². The van der Waals surface area contributed by atoms with Crippen molar-refractivity contribution in [1.29, 1.82) is 0 Å². The van der Waals surface area contributed by atoms with E-state index in [2.05, 4.69) is 17.0 Å². The number of anilines is 3. The standard InChI is InChI=1S/C10H14N2O.C6H7N/c11-9-1-3-10(4-2-9)12-5-7-13-8-6-12;7-6-4-2-1-3-5-6/h1-4H,5-8,11H2;1-5H,7H2. The van der Waals surface area contributed by atoms with Crippen molar-refractivity contribution < 1.29 is 4.74 Å². The van der Waals surface area contributed by atoms with Gasteiger partial charge in [0.1, 0.15) is 0 Å². The highest BCUT2D eigenvalue weighted by atomic mass is 16.5. The zero-order chi connectivity index (χ0) is 14.2. The Kier molecular flexibility index (Phi) is 5.26. The van der Waals surface area contributed by atoms with Gasteiger partial charge in [-0.3, -0.25) is 0 Å². The van der Waals surface area contributed by atoms with Crippen LogP contribution in [0.1, 0.15) is 0 Å². The van der Waals surface area contributed by atoms with Crippen molar-refractivity contribution in [3.8, 4) is 0 Å². The number of para-hydroxylation sites is 1. The van der Waals surface area contributed by atoms with Crippen molar-refractivity contribution in [2.24, 2.45) is 0 Å². The second-order valence-electron chi connectivity index (χ2n) is 4.60. The topological polar surface area (TPSA) is 64.5 Å². The van der Waals surface area contributed by atoms with Gasteiger partial charge in [-0.05, 0) is 36.4 Å². The minimum atomic E-state index is 0.817. The molecule has 1 aliphatic rings. The molecule has 0 bridgehead atoms. The average Bonchev–Trinajstić information content (AvgIpc) is 2.50. The Morgan fingerprint density at radius 2 is 1.30 bits per heavy atom. The van der Waals surface area contributed by atoms with E-state index in [1.807, 2.05) is 42.5 Å². The van der Waals surface area contributed by atoms with E-state index in [4.69, 9.17) is 16.2 Å². The summed E-state index contributed by atoms with van der Waals surface area (Å²) in [5.74, 6) is 0. The quantitative estimate of drug-likeness (QED) is 0.782. The van der Waals surface area contributed by atoms with Crippen LogP contribution in [0.15, 0.2) is 54.6 Å². The van der Waals surface area contributed by atoms with Gasteiger partial charge >= 0.3 is 0 Å². The summed E-state index contributed by atoms with van der Waals surface area (Å²) < 4.78 is 5.28. The molecule has 2 aromatic rings. The van der Waals surface area contributed by atoms with Crippen LogP contribution in [0.3, 0.4) is 0 Å². The third-order valence-corrected chi connectivity index (χ3v) is 3.07. The molecule has 4 N–H and O–H groups in total. The van der Waals surface area contributed by atoms with Crippen LogP contribution in [0.5, 0.6) is 0 Å². The molecule has 3 rings (SSSR count). The summed E-state index contributed by atoms with van der Waals surface area (Å²) in [6.45, 7) is 3.60. The molecule has 2 aromatic carbocycles. The predicted octanol–water partition coefficient (Wildman–Crippen LogP) is 2.37. The van der Waals surface area contributed by atoms with Gasteiger partial charge in [0.25, 0.3) is 0 Å². The molecule has 0 saturated carbocycles. The molecule has 0 amide bonds. The van der Waals surface area contributed by atoms with Gasteiger partial charge in [-0.2, -0.15) is 0 Å². The third kappa shape index (κ3) is 4.48. The highest BCUT2D eigenvalue weighted by molar-refractivity contribution is 5.53. The van der Waals surface area contributed by atoms with Gasteiger partial charge in [0.15, 0.2) is 0 Å². The number of nitrogen functional groups attached to an aromatic ring is 2. The van der Waals surface area contributed by atoms with Crippen LogP contribution in [-0.2, 0) is 4.74 Å². The molecular formula is C16H21N3O. The molecule has 106 valence electrons. The SMILES string of the molecule is Nc1ccc(N2CCOCC2)cc1.Nc1ccccc1. The minimum absolute atomic E-state index is 0.817. The first kappa shape index (κ1) is 14.2. The molecular weight excluding hydrogens is 250 g/mol. The largest absolute Gasteiger partial charge is 0.399 e. The second-order valence-corrected chi connectivity index (χ2v) is 4.60. The average molecular weight is 271 g/mol. The van der Waals surface area contributed by atoms with E-state index in [-0.39, 0.29) is 0 Å². The molecule has 0 spiro atoms. The molecule has 4 heteroatoms. The van der Waals surface area contributed by atoms with Crippen molar-refractivity contribution in [2.45, 2.75) is 0 Å². The summed E-state index contributed by atoms with van der Waals surface area (Å²) in [7, 11) is 0. The van der Waals surface area contributed by atoms with E-state index >= 15 is 0 Å². The van der Waals surface area contributed by atoms with E-state index in [0.29, 0.717) is 0 Å². The van der Waals surface area contributed by atoms with E-state index in [1.54, 1.807) is 0 Å². The van der Waals surface area contributed by atoms with Crippen molar-refractivity contribution in [3.05, 3.63) is 54.6 Å². The minimum Gasteiger partial charge on any atom is -0.399 e. The van der Waals surface area contributed by atoms with Gasteiger partial charge in [0, 0.05) is 30.2 Å². The Balaban J connectivity index is 0.000000178. The molecule has 1 heterocycles. The molecule has 0 atom stereocenters. The Morgan fingerprint density at radius 1 is 0.750 bits per heavy atom. The number of nitrogens with zero attached hydrogens (tertiary/aromatic N) is 1. The van der Waals surface area contributed by atoms with Crippen molar-refractivity contribution in [2.75, 3.05) is 42.7 Å². The molecule has 20 heavy (non-hydrogen) atoms. The van der Waals surface area contributed by atoms with Crippen LogP contribution >= 0.6 is 0 Å². The summed E-state index contributed by atoms with van der Waals surface area (Å²) in [4.78, 5) is 2.31. The van der Waals surface area contributed by atoms with Crippen LogP contribution in [0.25, 0.3) is 0 Å². The maximum absolute atomic E-state index is 5.61. The number of hydrogen-bond donors (Lipinski definition) is 2. The second kappa shape index (κ2) is 7.40. The Morgan fingerprint density at radius 3 is 1.80 bits per heavy atom. The normalized spacial score (nSPS) is 14.3. The molecule has 0 radical (unpaired) electrons. The zero-order valence-corrected chi connectivity index (χ0v) is 11.5. The smallest absolute Gasteiger partial charge is 0.0642 e. The monoisotopic (exact) mass is 271 g/mol. The number of rotatable bonds is 1. The fourth-order valence-electron chi connectivity index (χ4n) is 1.96. The Bertz CT molecular complexity index is 493. The van der Waals surface area contributed by atoms with Gasteiger partial charge in [-0.1, -0.05) is 18.2 Å². The highest BCUT2D eigenvalue weighted by Gasteiger charge is 2.09. The van der Waals surface area contributed by atoms with Crippen LogP contribution in [0.2, 0.25) is 0 Å². The summed E-state index contributed by atoms with van der Waals surface area (Å²) in [6.07, 6.45) is 0. The van der Waals surface area contributed by atoms with Crippen LogP contribution in [0.4, 0.5) is 17.1 Å². The lowest BCUT2D eigenvalue weighted by Gasteiger charge is -2.28. The molecule has 4 nitrogen and oxygen atoms in total. The van der Waals surface area contributed by atoms with E-state index in [1.165, 1.54) is 5.69 Å². The van der Waals surface area contributed by atoms with Crippen molar-refractivity contribution in [3.63, 3.8) is 0 Å². The number of hydrogen-bond acceptors (Lipinski definition) is 4. The predicted molar refractivity (Wildman–Crippen MR) is 84.7 cm³/mol.